The number of aryl methyl sites for hydroxylation is 1. The molecule has 4 rings (SSSR count). The number of aromatic nitrogens is 2. The van der Waals surface area contributed by atoms with Crippen LogP contribution in [0.25, 0.3) is 15.9 Å². The minimum atomic E-state index is -0.210. The van der Waals surface area contributed by atoms with Gasteiger partial charge in [-0.3, -0.25) is 9.36 Å². The van der Waals surface area contributed by atoms with Crippen LogP contribution in [0.5, 0.6) is 5.75 Å². The van der Waals surface area contributed by atoms with Crippen molar-refractivity contribution in [1.82, 2.24) is 9.55 Å². The second-order valence-corrected chi connectivity index (χ2v) is 8.69. The van der Waals surface area contributed by atoms with Crippen LogP contribution in [-0.4, -0.2) is 14.7 Å². The van der Waals surface area contributed by atoms with E-state index in [0.29, 0.717) is 17.0 Å². The van der Waals surface area contributed by atoms with Crippen molar-refractivity contribution in [3.63, 3.8) is 0 Å². The van der Waals surface area contributed by atoms with E-state index in [4.69, 9.17) is 35.4 Å². The Morgan fingerprint density at radius 3 is 2.72 bits per heavy atom. The van der Waals surface area contributed by atoms with Crippen LogP contribution >= 0.6 is 46.8 Å². The summed E-state index contributed by atoms with van der Waals surface area (Å²) in [4.78, 5) is 18.5. The topological polar surface area (TPSA) is 58.0 Å². The molecule has 1 aliphatic carbocycles. The number of phenolic OH excluding ortho intramolecular Hbond substituents is 1. The van der Waals surface area contributed by atoms with Gasteiger partial charge in [0.15, 0.2) is 10.5 Å². The number of aromatic hydroxyl groups is 1. The number of benzene rings is 1. The number of nitrogens with zero attached hydrogens (tertiary/aromatic N) is 1. The molecule has 0 unspecified atom stereocenters. The molecule has 130 valence electrons. The molecule has 2 heterocycles. The largest absolute Gasteiger partial charge is 0.505 e. The van der Waals surface area contributed by atoms with E-state index in [1.807, 2.05) is 0 Å². The monoisotopic (exact) mass is 412 g/mol. The molecule has 1 aliphatic rings. The number of hydrogen-bond acceptors (Lipinski definition) is 4. The van der Waals surface area contributed by atoms with Crippen LogP contribution in [-0.2, 0) is 12.8 Å². The third-order valence-electron chi connectivity index (χ3n) is 4.61. The normalized spacial score (nSPS) is 17.0. The SMILES string of the molecule is C[C@H]1CCc2c(sc3[nH]c(=S)n(-c4cc(Cl)c(O)c(Cl)c4)c(=O)c23)C1. The molecule has 2 aromatic heterocycles. The summed E-state index contributed by atoms with van der Waals surface area (Å²) in [5.41, 5.74) is 1.38. The summed E-state index contributed by atoms with van der Waals surface area (Å²) < 4.78 is 1.67. The fourth-order valence-corrected chi connectivity index (χ4v) is 5.57. The van der Waals surface area contributed by atoms with Crippen LogP contribution in [0.4, 0.5) is 0 Å². The van der Waals surface area contributed by atoms with Crippen LogP contribution in [0.3, 0.4) is 0 Å². The van der Waals surface area contributed by atoms with Gasteiger partial charge in [0.2, 0.25) is 0 Å². The lowest BCUT2D eigenvalue weighted by Crippen LogP contribution is -2.21. The second kappa shape index (κ2) is 6.13. The lowest BCUT2D eigenvalue weighted by atomic mass is 9.89. The zero-order valence-corrected chi connectivity index (χ0v) is 16.4. The van der Waals surface area contributed by atoms with Crippen molar-refractivity contribution >= 4 is 57.0 Å². The van der Waals surface area contributed by atoms with E-state index in [0.717, 1.165) is 29.7 Å². The number of H-pyrrole nitrogens is 1. The molecular weight excluding hydrogens is 399 g/mol. The molecule has 0 radical (unpaired) electrons. The number of aromatic amines is 1. The van der Waals surface area contributed by atoms with Crippen LogP contribution in [0.1, 0.15) is 23.8 Å². The van der Waals surface area contributed by atoms with E-state index in [9.17, 15) is 9.90 Å². The average Bonchev–Trinajstić information content (AvgIpc) is 2.89. The van der Waals surface area contributed by atoms with Gasteiger partial charge in [-0.1, -0.05) is 30.1 Å². The highest BCUT2D eigenvalue weighted by Gasteiger charge is 2.23. The fraction of sp³-hybridized carbons (Fsp3) is 0.294. The van der Waals surface area contributed by atoms with Gasteiger partial charge < -0.3 is 10.1 Å². The Balaban J connectivity index is 2.03. The average molecular weight is 413 g/mol. The summed E-state index contributed by atoms with van der Waals surface area (Å²) in [5, 5.41) is 10.6. The Labute approximate surface area is 162 Å². The molecule has 8 heteroatoms. The number of fused-ring (bicyclic) bond motifs is 3. The Morgan fingerprint density at radius 2 is 2.04 bits per heavy atom. The summed E-state index contributed by atoms with van der Waals surface area (Å²) in [6, 6.07) is 2.97. The Morgan fingerprint density at radius 1 is 1.36 bits per heavy atom. The Hall–Kier alpha value is -1.34. The quantitative estimate of drug-likeness (QED) is 0.536. The van der Waals surface area contributed by atoms with Crippen molar-refractivity contribution in [3.05, 3.63) is 47.7 Å². The predicted molar refractivity (Wildman–Crippen MR) is 105 cm³/mol. The first-order valence-corrected chi connectivity index (χ1v) is 9.83. The highest BCUT2D eigenvalue weighted by molar-refractivity contribution is 7.71. The molecular formula is C17H14Cl2N2O2S2. The molecule has 1 aromatic carbocycles. The van der Waals surface area contributed by atoms with Crippen LogP contribution in [0.15, 0.2) is 16.9 Å². The fourth-order valence-electron chi connectivity index (χ4n) is 3.34. The van der Waals surface area contributed by atoms with Crippen molar-refractivity contribution in [2.45, 2.75) is 26.2 Å². The van der Waals surface area contributed by atoms with E-state index in [-0.39, 0.29) is 26.1 Å². The lowest BCUT2D eigenvalue weighted by molar-refractivity contribution is 0.475. The van der Waals surface area contributed by atoms with E-state index in [2.05, 4.69) is 11.9 Å². The van der Waals surface area contributed by atoms with Crippen molar-refractivity contribution in [3.8, 4) is 11.4 Å². The van der Waals surface area contributed by atoms with Crippen LogP contribution in [0, 0.1) is 10.7 Å². The van der Waals surface area contributed by atoms with Crippen LogP contribution < -0.4 is 5.56 Å². The van der Waals surface area contributed by atoms with E-state index in [1.165, 1.54) is 21.6 Å². The minimum absolute atomic E-state index is 0.0741. The number of halogens is 2. The maximum Gasteiger partial charge on any atom is 0.267 e. The standard InChI is InChI=1S/C17H14Cl2N2O2S2/c1-7-2-3-9-12(4-7)25-15-13(9)16(23)21(17(24)20-15)8-5-10(18)14(22)11(19)6-8/h5-7,22H,2-4H2,1H3,(H,20,24)/t7-/m0/s1. The number of rotatable bonds is 1. The van der Waals surface area contributed by atoms with Gasteiger partial charge in [-0.2, -0.15) is 0 Å². The van der Waals surface area contributed by atoms with Gasteiger partial charge in [0.1, 0.15) is 4.83 Å². The molecule has 25 heavy (non-hydrogen) atoms. The van der Waals surface area contributed by atoms with Crippen molar-refractivity contribution in [2.24, 2.45) is 5.92 Å². The van der Waals surface area contributed by atoms with Gasteiger partial charge in [0, 0.05) is 4.88 Å². The molecule has 1 atom stereocenters. The third-order valence-corrected chi connectivity index (χ3v) is 6.64. The number of phenols is 1. The van der Waals surface area contributed by atoms with Gasteiger partial charge in [-0.15, -0.1) is 11.3 Å². The molecule has 0 aliphatic heterocycles. The van der Waals surface area contributed by atoms with Crippen molar-refractivity contribution in [1.29, 1.82) is 0 Å². The first-order valence-electron chi connectivity index (χ1n) is 7.84. The molecule has 2 N–H and O–H groups in total. The van der Waals surface area contributed by atoms with Gasteiger partial charge in [-0.05, 0) is 55.1 Å². The van der Waals surface area contributed by atoms with Gasteiger partial charge >= 0.3 is 0 Å². The minimum Gasteiger partial charge on any atom is -0.505 e. The molecule has 0 fully saturated rings. The highest BCUT2D eigenvalue weighted by Crippen LogP contribution is 2.37. The van der Waals surface area contributed by atoms with Crippen LogP contribution in [0.2, 0.25) is 10.0 Å². The van der Waals surface area contributed by atoms with E-state index < -0.39 is 0 Å². The maximum absolute atomic E-state index is 13.2. The molecule has 3 aromatic rings. The Bertz CT molecular complexity index is 1110. The summed E-state index contributed by atoms with van der Waals surface area (Å²) in [6.07, 6.45) is 2.96. The summed E-state index contributed by atoms with van der Waals surface area (Å²) >= 11 is 19.0. The molecule has 0 amide bonds. The molecule has 0 saturated carbocycles. The highest BCUT2D eigenvalue weighted by atomic mass is 35.5. The third kappa shape index (κ3) is 2.72. The van der Waals surface area contributed by atoms with Crippen molar-refractivity contribution in [2.75, 3.05) is 0 Å². The lowest BCUT2D eigenvalue weighted by Gasteiger charge is -2.17. The number of thiophene rings is 1. The van der Waals surface area contributed by atoms with E-state index in [1.54, 1.807) is 11.3 Å². The molecule has 0 bridgehead atoms. The molecule has 0 saturated heterocycles. The summed E-state index contributed by atoms with van der Waals surface area (Å²) in [7, 11) is 0. The molecule has 0 spiro atoms. The number of hydrogen-bond donors (Lipinski definition) is 2. The summed E-state index contributed by atoms with van der Waals surface area (Å²) in [5.74, 6) is 0.415. The first kappa shape index (κ1) is 17.1. The smallest absolute Gasteiger partial charge is 0.267 e. The van der Waals surface area contributed by atoms with Crippen molar-refractivity contribution < 1.29 is 5.11 Å². The molecule has 4 nitrogen and oxygen atoms in total. The van der Waals surface area contributed by atoms with Gasteiger partial charge in [0.05, 0.1) is 21.1 Å². The Kier molecular flexibility index (Phi) is 4.19. The van der Waals surface area contributed by atoms with Gasteiger partial charge in [0.25, 0.3) is 5.56 Å². The summed E-state index contributed by atoms with van der Waals surface area (Å²) in [6.45, 7) is 2.23. The second-order valence-electron chi connectivity index (χ2n) is 6.38. The zero-order chi connectivity index (χ0) is 17.9. The maximum atomic E-state index is 13.2. The zero-order valence-electron chi connectivity index (χ0n) is 13.2. The number of nitrogens with one attached hydrogen (secondary N) is 1. The first-order chi connectivity index (χ1) is 11.9. The van der Waals surface area contributed by atoms with E-state index >= 15 is 0 Å². The van der Waals surface area contributed by atoms with Gasteiger partial charge in [-0.25, -0.2) is 0 Å². The predicted octanol–water partition coefficient (Wildman–Crippen LogP) is 5.25.